The fourth-order valence-corrected chi connectivity index (χ4v) is 5.37. The molecule has 0 bridgehead atoms. The van der Waals surface area contributed by atoms with E-state index in [-0.39, 0.29) is 0 Å². The molecule has 40 heavy (non-hydrogen) atoms. The molecular weight excluding hydrogens is 488 g/mol. The zero-order valence-corrected chi connectivity index (χ0v) is 21.6. The van der Waals surface area contributed by atoms with Crippen molar-refractivity contribution in [2.24, 2.45) is 0 Å². The number of para-hydroxylation sites is 3. The molecule has 0 saturated heterocycles. The average molecular weight is 513 g/mol. The molecule has 4 heteroatoms. The topological polar surface area (TPSA) is 44.9 Å². The number of pyridine rings is 1. The predicted molar refractivity (Wildman–Crippen MR) is 163 cm³/mol. The quantitative estimate of drug-likeness (QED) is 0.231. The summed E-state index contributed by atoms with van der Waals surface area (Å²) in [5.74, 6) is 0.860. The van der Waals surface area contributed by atoms with Gasteiger partial charge >= 0.3 is 0 Å². The first-order chi connectivity index (χ1) is 19.8. The highest BCUT2D eigenvalue weighted by Gasteiger charge is 2.17. The van der Waals surface area contributed by atoms with Crippen LogP contribution in [0.15, 0.2) is 146 Å². The van der Waals surface area contributed by atoms with E-state index in [1.54, 1.807) is 0 Å². The molecule has 188 valence electrons. The maximum Gasteiger partial charge on any atom is 0.137 e. The van der Waals surface area contributed by atoms with Crippen molar-refractivity contribution in [2.45, 2.75) is 0 Å². The molecule has 5 aromatic carbocycles. The average Bonchev–Trinajstić information content (AvgIpc) is 3.36. The van der Waals surface area contributed by atoms with Gasteiger partial charge in [-0.25, -0.2) is 4.98 Å². The second-order valence-corrected chi connectivity index (χ2v) is 9.65. The van der Waals surface area contributed by atoms with Gasteiger partial charge < -0.3 is 4.90 Å². The van der Waals surface area contributed by atoms with Gasteiger partial charge in [0.1, 0.15) is 5.82 Å². The summed E-state index contributed by atoms with van der Waals surface area (Å²) in [5.41, 5.74) is 8.22. The third kappa shape index (κ3) is 4.07. The fourth-order valence-electron chi connectivity index (χ4n) is 5.37. The van der Waals surface area contributed by atoms with Crippen LogP contribution in [-0.4, -0.2) is 9.55 Å². The van der Waals surface area contributed by atoms with E-state index in [2.05, 4.69) is 119 Å². The highest BCUT2D eigenvalue weighted by atomic mass is 15.1. The normalized spacial score (nSPS) is 11.0. The van der Waals surface area contributed by atoms with Crippen molar-refractivity contribution in [3.05, 3.63) is 151 Å². The Morgan fingerprint density at radius 2 is 1.18 bits per heavy atom. The van der Waals surface area contributed by atoms with Crippen LogP contribution >= 0.6 is 0 Å². The van der Waals surface area contributed by atoms with E-state index in [9.17, 15) is 0 Å². The minimum absolute atomic E-state index is 0.649. The first-order valence-corrected chi connectivity index (χ1v) is 13.2. The number of aromatic nitrogens is 2. The van der Waals surface area contributed by atoms with Crippen LogP contribution in [-0.2, 0) is 0 Å². The summed E-state index contributed by atoms with van der Waals surface area (Å²) in [6.45, 7) is 0. The molecular formula is C36H24N4. The number of fused-ring (bicyclic) bond motifs is 3. The number of nitrogens with zero attached hydrogens (tertiary/aromatic N) is 4. The van der Waals surface area contributed by atoms with Gasteiger partial charge in [-0.3, -0.25) is 4.57 Å². The van der Waals surface area contributed by atoms with Crippen LogP contribution in [0.4, 0.5) is 17.1 Å². The molecule has 0 spiro atoms. The lowest BCUT2D eigenvalue weighted by molar-refractivity contribution is 1.08. The fraction of sp³-hybridized carbons (Fsp3) is 0. The lowest BCUT2D eigenvalue weighted by Crippen LogP contribution is -2.09. The number of benzene rings is 5. The molecule has 4 nitrogen and oxygen atoms in total. The zero-order chi connectivity index (χ0) is 26.9. The summed E-state index contributed by atoms with van der Waals surface area (Å²) in [6.07, 6.45) is 1.90. The molecule has 0 fully saturated rings. The van der Waals surface area contributed by atoms with E-state index in [0.717, 1.165) is 45.0 Å². The molecule has 0 N–H and O–H groups in total. The van der Waals surface area contributed by atoms with E-state index in [1.807, 2.05) is 42.6 Å². The van der Waals surface area contributed by atoms with Gasteiger partial charge in [0.05, 0.1) is 22.7 Å². The van der Waals surface area contributed by atoms with E-state index in [4.69, 9.17) is 10.2 Å². The molecule has 0 aliphatic heterocycles. The van der Waals surface area contributed by atoms with E-state index in [1.165, 1.54) is 10.8 Å². The largest absolute Gasteiger partial charge is 0.310 e. The van der Waals surface area contributed by atoms with Gasteiger partial charge in [0.2, 0.25) is 0 Å². The van der Waals surface area contributed by atoms with E-state index >= 15 is 0 Å². The minimum atomic E-state index is 0.649. The zero-order valence-electron chi connectivity index (χ0n) is 21.6. The summed E-state index contributed by atoms with van der Waals surface area (Å²) in [6, 6.07) is 50.0. The molecule has 0 aliphatic carbocycles. The summed E-state index contributed by atoms with van der Waals surface area (Å²) in [4.78, 5) is 7.17. The minimum Gasteiger partial charge on any atom is -0.310 e. The Hall–Kier alpha value is -5.66. The Morgan fingerprint density at radius 3 is 1.82 bits per heavy atom. The highest BCUT2D eigenvalue weighted by molar-refractivity contribution is 6.10. The lowest BCUT2D eigenvalue weighted by atomic mass is 10.1. The van der Waals surface area contributed by atoms with Gasteiger partial charge in [-0.15, -0.1) is 0 Å². The SMILES string of the molecule is N#Cc1ccc(-c2ccc(-n3c4ccccc4c4cc(N(c5ccccc5)c5ccccc5)ccc43)nc2)cc1. The Morgan fingerprint density at radius 1 is 0.550 bits per heavy atom. The van der Waals surface area contributed by atoms with Crippen molar-refractivity contribution in [1.29, 1.82) is 5.26 Å². The Balaban J connectivity index is 1.37. The van der Waals surface area contributed by atoms with Crippen molar-refractivity contribution in [1.82, 2.24) is 9.55 Å². The predicted octanol–water partition coefficient (Wildman–Crippen LogP) is 9.19. The smallest absolute Gasteiger partial charge is 0.137 e. The van der Waals surface area contributed by atoms with Gasteiger partial charge in [0.25, 0.3) is 0 Å². The molecule has 0 radical (unpaired) electrons. The number of nitriles is 1. The van der Waals surface area contributed by atoms with Crippen LogP contribution in [0.2, 0.25) is 0 Å². The summed E-state index contributed by atoms with van der Waals surface area (Å²) in [7, 11) is 0. The highest BCUT2D eigenvalue weighted by Crippen LogP contribution is 2.39. The molecule has 0 saturated carbocycles. The van der Waals surface area contributed by atoms with E-state index < -0.39 is 0 Å². The third-order valence-corrected chi connectivity index (χ3v) is 7.27. The van der Waals surface area contributed by atoms with Crippen LogP contribution in [0.3, 0.4) is 0 Å². The van der Waals surface area contributed by atoms with Gasteiger partial charge in [-0.2, -0.15) is 5.26 Å². The van der Waals surface area contributed by atoms with Crippen molar-refractivity contribution >= 4 is 38.9 Å². The van der Waals surface area contributed by atoms with Crippen LogP contribution in [0, 0.1) is 11.3 Å². The maximum absolute atomic E-state index is 9.11. The Bertz CT molecular complexity index is 1940. The molecule has 0 unspecified atom stereocenters. The first-order valence-electron chi connectivity index (χ1n) is 13.2. The molecule has 0 aliphatic rings. The molecule has 0 atom stereocenters. The molecule has 2 aromatic heterocycles. The van der Waals surface area contributed by atoms with Gasteiger partial charge in [0.15, 0.2) is 0 Å². The van der Waals surface area contributed by atoms with Gasteiger partial charge in [-0.1, -0.05) is 66.7 Å². The first kappa shape index (κ1) is 23.5. The second kappa shape index (κ2) is 9.90. The molecule has 7 aromatic rings. The molecule has 0 amide bonds. The third-order valence-electron chi connectivity index (χ3n) is 7.27. The maximum atomic E-state index is 9.11. The summed E-state index contributed by atoms with van der Waals surface area (Å²) < 4.78 is 2.23. The van der Waals surface area contributed by atoms with Crippen LogP contribution in [0.1, 0.15) is 5.56 Å². The molecule has 7 rings (SSSR count). The number of anilines is 3. The van der Waals surface area contributed by atoms with Crippen molar-refractivity contribution in [3.63, 3.8) is 0 Å². The van der Waals surface area contributed by atoms with Gasteiger partial charge in [0, 0.05) is 39.6 Å². The number of hydrogen-bond acceptors (Lipinski definition) is 3. The lowest BCUT2D eigenvalue weighted by Gasteiger charge is -2.25. The molecule has 2 heterocycles. The second-order valence-electron chi connectivity index (χ2n) is 9.65. The number of hydrogen-bond donors (Lipinski definition) is 0. The van der Waals surface area contributed by atoms with Crippen molar-refractivity contribution in [2.75, 3.05) is 4.90 Å². The Labute approximate surface area is 232 Å². The Kier molecular flexibility index (Phi) is 5.81. The summed E-state index contributed by atoms with van der Waals surface area (Å²) >= 11 is 0. The van der Waals surface area contributed by atoms with Gasteiger partial charge in [-0.05, 0) is 78.4 Å². The number of rotatable bonds is 5. The van der Waals surface area contributed by atoms with Crippen LogP contribution < -0.4 is 4.90 Å². The van der Waals surface area contributed by atoms with Crippen LogP contribution in [0.25, 0.3) is 38.8 Å². The van der Waals surface area contributed by atoms with Crippen LogP contribution in [0.5, 0.6) is 0 Å². The standard InChI is InChI=1S/C36H24N4/c37-24-26-15-17-27(18-16-26)28-19-22-36(38-25-28)40-34-14-8-7-13-32(34)33-23-31(20-21-35(33)40)39(29-9-3-1-4-10-29)30-11-5-2-6-12-30/h1-23,25H. The van der Waals surface area contributed by atoms with Crippen molar-refractivity contribution < 1.29 is 0 Å². The van der Waals surface area contributed by atoms with Crippen molar-refractivity contribution in [3.8, 4) is 23.0 Å². The van der Waals surface area contributed by atoms with E-state index in [0.29, 0.717) is 5.56 Å². The monoisotopic (exact) mass is 512 g/mol. The summed E-state index contributed by atoms with van der Waals surface area (Å²) in [5, 5.41) is 11.5.